The van der Waals surface area contributed by atoms with Gasteiger partial charge in [0.1, 0.15) is 13.1 Å². The number of aryl methyl sites for hydroxylation is 2. The summed E-state index contributed by atoms with van der Waals surface area (Å²) in [4.78, 5) is 16.8. The van der Waals surface area contributed by atoms with Gasteiger partial charge in [-0.25, -0.2) is 0 Å². The van der Waals surface area contributed by atoms with E-state index in [0.29, 0.717) is 17.5 Å². The quantitative estimate of drug-likeness (QED) is 0.744. The monoisotopic (exact) mass is 359 g/mol. The topological polar surface area (TPSA) is 51.8 Å². The summed E-state index contributed by atoms with van der Waals surface area (Å²) >= 11 is 0. The van der Waals surface area contributed by atoms with Gasteiger partial charge in [-0.3, -0.25) is 9.48 Å². The third-order valence-electron chi connectivity index (χ3n) is 6.43. The molecule has 2 heterocycles. The van der Waals surface area contributed by atoms with Gasteiger partial charge in [0.25, 0.3) is 5.91 Å². The molecule has 4 rings (SSSR count). The fourth-order valence-corrected chi connectivity index (χ4v) is 4.69. The second-order valence-electron chi connectivity index (χ2n) is 8.20. The Morgan fingerprint density at radius 3 is 2.77 bits per heavy atom. The van der Waals surface area contributed by atoms with E-state index < -0.39 is 0 Å². The van der Waals surface area contributed by atoms with Gasteiger partial charge in [0.05, 0.1) is 26.3 Å². The molecule has 0 aromatic carbocycles. The molecule has 6 nitrogen and oxygen atoms in total. The predicted octanol–water partition coefficient (Wildman–Crippen LogP) is 0.298. The molecule has 142 valence electrons. The van der Waals surface area contributed by atoms with Gasteiger partial charge in [0, 0.05) is 19.3 Å². The van der Waals surface area contributed by atoms with Gasteiger partial charge in [-0.1, -0.05) is 12.2 Å². The summed E-state index contributed by atoms with van der Waals surface area (Å²) in [6, 6.07) is 1.91. The van der Waals surface area contributed by atoms with Crippen LogP contribution in [0.4, 0.5) is 0 Å². The third-order valence-corrected chi connectivity index (χ3v) is 6.43. The minimum absolute atomic E-state index is 0.0908. The van der Waals surface area contributed by atoms with Crippen molar-refractivity contribution >= 4 is 5.91 Å². The van der Waals surface area contributed by atoms with Crippen molar-refractivity contribution < 1.29 is 14.4 Å². The number of nitrogens with one attached hydrogen (secondary N) is 1. The van der Waals surface area contributed by atoms with Crippen molar-refractivity contribution in [1.82, 2.24) is 14.7 Å². The molecule has 26 heavy (non-hydrogen) atoms. The van der Waals surface area contributed by atoms with Crippen molar-refractivity contribution in [2.24, 2.45) is 24.8 Å². The molecule has 1 aliphatic heterocycles. The first-order valence-electron chi connectivity index (χ1n) is 9.99. The first kappa shape index (κ1) is 17.7. The Kier molecular flexibility index (Phi) is 5.14. The molecule has 3 atom stereocenters. The molecule has 0 unspecified atom stereocenters. The molecule has 1 amide bonds. The Hall–Kier alpha value is -1.66. The molecule has 0 radical (unpaired) electrons. The summed E-state index contributed by atoms with van der Waals surface area (Å²) in [7, 11) is 1.90. The van der Waals surface area contributed by atoms with Gasteiger partial charge >= 0.3 is 0 Å². The lowest BCUT2D eigenvalue weighted by atomic mass is 9.93. The van der Waals surface area contributed by atoms with E-state index in [-0.39, 0.29) is 5.91 Å². The lowest BCUT2D eigenvalue weighted by molar-refractivity contribution is -0.907. The fraction of sp³-hybridized carbons (Fsp3) is 0.700. The Morgan fingerprint density at radius 2 is 2.15 bits per heavy atom. The molecule has 1 aromatic heterocycles. The SMILES string of the molecule is Cc1cc(C(=O)N(CC[NH+]2CCOCC2)C[C@H]2C[C@@H]3C=C[C@H]2C3)nn1C. The van der Waals surface area contributed by atoms with E-state index in [0.717, 1.165) is 57.5 Å². The van der Waals surface area contributed by atoms with Gasteiger partial charge in [-0.2, -0.15) is 5.10 Å². The van der Waals surface area contributed by atoms with E-state index in [1.165, 1.54) is 12.8 Å². The van der Waals surface area contributed by atoms with E-state index in [4.69, 9.17) is 4.74 Å². The van der Waals surface area contributed by atoms with Gasteiger partial charge in [-0.05, 0) is 43.6 Å². The highest BCUT2D eigenvalue weighted by molar-refractivity contribution is 5.92. The molecule has 2 bridgehead atoms. The van der Waals surface area contributed by atoms with Crippen LogP contribution in [0.2, 0.25) is 0 Å². The minimum Gasteiger partial charge on any atom is -0.370 e. The molecule has 1 aromatic rings. The van der Waals surface area contributed by atoms with E-state index in [9.17, 15) is 4.79 Å². The minimum atomic E-state index is 0.0908. The molecule has 0 spiro atoms. The van der Waals surface area contributed by atoms with E-state index >= 15 is 0 Å². The second-order valence-corrected chi connectivity index (χ2v) is 8.20. The van der Waals surface area contributed by atoms with Crippen LogP contribution < -0.4 is 4.90 Å². The first-order chi connectivity index (χ1) is 12.6. The number of hydrogen-bond donors (Lipinski definition) is 1. The molecule has 1 saturated carbocycles. The maximum Gasteiger partial charge on any atom is 0.274 e. The molecular formula is C20H31N4O2+. The number of amides is 1. The number of quaternary nitrogens is 1. The number of allylic oxidation sites excluding steroid dienone is 2. The zero-order valence-corrected chi connectivity index (χ0v) is 16.0. The van der Waals surface area contributed by atoms with Crippen LogP contribution in [0, 0.1) is 24.7 Å². The predicted molar refractivity (Wildman–Crippen MR) is 99.1 cm³/mol. The van der Waals surface area contributed by atoms with Crippen molar-refractivity contribution in [2.45, 2.75) is 19.8 Å². The van der Waals surface area contributed by atoms with Gasteiger partial charge in [-0.15, -0.1) is 0 Å². The summed E-state index contributed by atoms with van der Waals surface area (Å²) < 4.78 is 7.25. The highest BCUT2D eigenvalue weighted by Gasteiger charge is 2.37. The molecular weight excluding hydrogens is 328 g/mol. The molecule has 2 fully saturated rings. The van der Waals surface area contributed by atoms with Crippen LogP contribution in [0.5, 0.6) is 0 Å². The average Bonchev–Trinajstić information content (AvgIpc) is 3.35. The zero-order valence-electron chi connectivity index (χ0n) is 16.0. The molecule has 1 N–H and O–H groups in total. The standard InChI is InChI=1S/C20H30N4O2/c1-15-11-19(21-22(15)2)20(25)24(6-5-23-7-9-26-10-8-23)14-18-13-16-3-4-17(18)12-16/h3-4,11,16-18H,5-10,12-14H2,1-2H3/p+1/t16-,17+,18-/m1/s1. The number of carbonyl (C=O) groups is 1. The van der Waals surface area contributed by atoms with Crippen LogP contribution in [0.3, 0.4) is 0 Å². The number of ether oxygens (including phenoxy) is 1. The second kappa shape index (κ2) is 7.53. The lowest BCUT2D eigenvalue weighted by Gasteiger charge is -2.30. The average molecular weight is 359 g/mol. The normalized spacial score (nSPS) is 28.0. The summed E-state index contributed by atoms with van der Waals surface area (Å²) in [6.07, 6.45) is 7.26. The first-order valence-corrected chi connectivity index (χ1v) is 9.99. The maximum atomic E-state index is 13.2. The highest BCUT2D eigenvalue weighted by atomic mass is 16.5. The van der Waals surface area contributed by atoms with Gasteiger partial charge in [0.2, 0.25) is 0 Å². The Labute approximate surface area is 155 Å². The van der Waals surface area contributed by atoms with E-state index in [1.54, 1.807) is 9.58 Å². The Bertz CT molecular complexity index is 658. The van der Waals surface area contributed by atoms with Crippen LogP contribution >= 0.6 is 0 Å². The van der Waals surface area contributed by atoms with Gasteiger partial charge in [0.15, 0.2) is 5.69 Å². The van der Waals surface area contributed by atoms with Crippen LogP contribution in [-0.2, 0) is 11.8 Å². The third kappa shape index (κ3) is 3.71. The number of carbonyl (C=O) groups excluding carboxylic acids is 1. The largest absolute Gasteiger partial charge is 0.370 e. The van der Waals surface area contributed by atoms with Crippen LogP contribution in [0.15, 0.2) is 18.2 Å². The maximum absolute atomic E-state index is 13.2. The number of rotatable bonds is 6. The van der Waals surface area contributed by atoms with Crippen LogP contribution in [0.25, 0.3) is 0 Å². The van der Waals surface area contributed by atoms with Crippen molar-refractivity contribution in [2.75, 3.05) is 45.9 Å². The smallest absolute Gasteiger partial charge is 0.274 e. The number of morpholine rings is 1. The molecule has 2 aliphatic carbocycles. The summed E-state index contributed by atoms with van der Waals surface area (Å²) in [6.45, 7) is 8.42. The molecule has 3 aliphatic rings. The summed E-state index contributed by atoms with van der Waals surface area (Å²) in [5.74, 6) is 2.10. The molecule has 1 saturated heterocycles. The summed E-state index contributed by atoms with van der Waals surface area (Å²) in [5, 5.41) is 4.43. The van der Waals surface area contributed by atoms with Crippen molar-refractivity contribution in [1.29, 1.82) is 0 Å². The van der Waals surface area contributed by atoms with Crippen molar-refractivity contribution in [3.8, 4) is 0 Å². The number of hydrogen-bond acceptors (Lipinski definition) is 3. The Balaban J connectivity index is 1.44. The summed E-state index contributed by atoms with van der Waals surface area (Å²) in [5.41, 5.74) is 1.61. The zero-order chi connectivity index (χ0) is 18.1. The van der Waals surface area contributed by atoms with Crippen molar-refractivity contribution in [3.05, 3.63) is 29.6 Å². The van der Waals surface area contributed by atoms with Crippen LogP contribution in [-0.4, -0.2) is 66.5 Å². The van der Waals surface area contributed by atoms with Gasteiger partial charge < -0.3 is 14.5 Å². The van der Waals surface area contributed by atoms with Crippen LogP contribution in [0.1, 0.15) is 29.0 Å². The number of aromatic nitrogens is 2. The number of fused-ring (bicyclic) bond motifs is 2. The number of nitrogens with zero attached hydrogens (tertiary/aromatic N) is 3. The fourth-order valence-electron chi connectivity index (χ4n) is 4.69. The molecule has 6 heteroatoms. The highest BCUT2D eigenvalue weighted by Crippen LogP contribution is 2.43. The lowest BCUT2D eigenvalue weighted by Crippen LogP contribution is -3.14. The Morgan fingerprint density at radius 1 is 1.35 bits per heavy atom. The van der Waals surface area contributed by atoms with E-state index in [2.05, 4.69) is 22.2 Å². The van der Waals surface area contributed by atoms with Crippen molar-refractivity contribution in [3.63, 3.8) is 0 Å². The van der Waals surface area contributed by atoms with E-state index in [1.807, 2.05) is 20.0 Å².